The summed E-state index contributed by atoms with van der Waals surface area (Å²) in [6.45, 7) is 11.9. The minimum Gasteiger partial charge on any atom is -0.316 e. The molecule has 1 N–H and O–H groups in total. The molecule has 0 aliphatic carbocycles. The van der Waals surface area contributed by atoms with Crippen LogP contribution in [0.5, 0.6) is 0 Å². The van der Waals surface area contributed by atoms with Gasteiger partial charge in [-0.05, 0) is 31.8 Å². The average molecular weight is 272 g/mol. The molecule has 18 heavy (non-hydrogen) atoms. The smallest absolute Gasteiger partial charge is 0.0820 e. The summed E-state index contributed by atoms with van der Waals surface area (Å²) in [5.74, 6) is 1.15. The van der Waals surface area contributed by atoms with E-state index in [4.69, 9.17) is 11.6 Å². The zero-order valence-corrected chi connectivity index (χ0v) is 12.8. The topological polar surface area (TPSA) is 29.9 Å². The quantitative estimate of drug-likeness (QED) is 0.731. The number of aromatic nitrogens is 2. The Morgan fingerprint density at radius 1 is 1.39 bits per heavy atom. The lowest BCUT2D eigenvalue weighted by atomic mass is 10.0. The summed E-state index contributed by atoms with van der Waals surface area (Å²) in [7, 11) is 0. The molecule has 1 aromatic rings. The number of nitrogens with one attached hydrogen (secondary N) is 1. The maximum atomic E-state index is 6.24. The fourth-order valence-corrected chi connectivity index (χ4v) is 2.43. The van der Waals surface area contributed by atoms with Crippen molar-refractivity contribution in [2.75, 3.05) is 13.1 Å². The van der Waals surface area contributed by atoms with Crippen molar-refractivity contribution in [3.8, 4) is 0 Å². The van der Waals surface area contributed by atoms with E-state index in [0.717, 1.165) is 37.5 Å². The normalized spacial score (nSPS) is 13.2. The van der Waals surface area contributed by atoms with Crippen LogP contribution in [-0.4, -0.2) is 22.9 Å². The van der Waals surface area contributed by atoms with Crippen LogP contribution in [0, 0.1) is 5.92 Å². The SMILES string of the molecule is CCCn1ncc(Cl)c1C(C)CCNCC(C)C. The molecule has 0 saturated heterocycles. The molecule has 0 saturated carbocycles. The standard InChI is InChI=1S/C14H26ClN3/c1-5-8-18-14(13(15)10-17-18)12(4)6-7-16-9-11(2)3/h10-12,16H,5-9H2,1-4H3. The van der Waals surface area contributed by atoms with Crippen LogP contribution in [0.2, 0.25) is 5.02 Å². The van der Waals surface area contributed by atoms with Gasteiger partial charge >= 0.3 is 0 Å². The molecule has 0 fully saturated rings. The molecule has 3 nitrogen and oxygen atoms in total. The van der Waals surface area contributed by atoms with Crippen molar-refractivity contribution in [2.45, 2.75) is 53.0 Å². The zero-order valence-electron chi connectivity index (χ0n) is 12.0. The van der Waals surface area contributed by atoms with Gasteiger partial charge in [0, 0.05) is 12.5 Å². The molecule has 4 heteroatoms. The van der Waals surface area contributed by atoms with Gasteiger partial charge in [-0.1, -0.05) is 39.3 Å². The summed E-state index contributed by atoms with van der Waals surface area (Å²) in [5.41, 5.74) is 1.19. The van der Waals surface area contributed by atoms with Crippen molar-refractivity contribution in [3.05, 3.63) is 16.9 Å². The Labute approximate surface area is 116 Å². The second-order valence-corrected chi connectivity index (χ2v) is 5.80. The summed E-state index contributed by atoms with van der Waals surface area (Å²) in [4.78, 5) is 0. The third-order valence-electron chi connectivity index (χ3n) is 3.04. The zero-order chi connectivity index (χ0) is 13.5. The van der Waals surface area contributed by atoms with Crippen LogP contribution in [0.25, 0.3) is 0 Å². The number of hydrogen-bond acceptors (Lipinski definition) is 2. The van der Waals surface area contributed by atoms with E-state index < -0.39 is 0 Å². The maximum absolute atomic E-state index is 6.24. The van der Waals surface area contributed by atoms with Gasteiger partial charge in [0.1, 0.15) is 0 Å². The molecule has 104 valence electrons. The first kappa shape index (κ1) is 15.5. The minimum atomic E-state index is 0.450. The highest BCUT2D eigenvalue weighted by Gasteiger charge is 2.15. The van der Waals surface area contributed by atoms with Crippen molar-refractivity contribution in [2.24, 2.45) is 5.92 Å². The highest BCUT2D eigenvalue weighted by atomic mass is 35.5. The number of nitrogens with zero attached hydrogens (tertiary/aromatic N) is 2. The fraction of sp³-hybridized carbons (Fsp3) is 0.786. The van der Waals surface area contributed by atoms with E-state index in [1.54, 1.807) is 6.20 Å². The molecule has 0 bridgehead atoms. The van der Waals surface area contributed by atoms with Crippen molar-refractivity contribution in [1.82, 2.24) is 15.1 Å². The first-order valence-corrected chi connectivity index (χ1v) is 7.36. The number of hydrogen-bond donors (Lipinski definition) is 1. The average Bonchev–Trinajstić information content (AvgIpc) is 2.66. The van der Waals surface area contributed by atoms with Crippen LogP contribution in [0.1, 0.15) is 52.1 Å². The molecule has 1 rings (SSSR count). The lowest BCUT2D eigenvalue weighted by molar-refractivity contribution is 0.497. The van der Waals surface area contributed by atoms with Crippen LogP contribution in [0.3, 0.4) is 0 Å². The first-order valence-electron chi connectivity index (χ1n) is 6.98. The van der Waals surface area contributed by atoms with Gasteiger partial charge < -0.3 is 5.32 Å². The molecule has 1 aromatic heterocycles. The van der Waals surface area contributed by atoms with Crippen molar-refractivity contribution in [3.63, 3.8) is 0 Å². The predicted molar refractivity (Wildman–Crippen MR) is 78.3 cm³/mol. The summed E-state index contributed by atoms with van der Waals surface area (Å²) >= 11 is 6.24. The van der Waals surface area contributed by atoms with E-state index in [2.05, 4.69) is 42.8 Å². The molecule has 0 radical (unpaired) electrons. The monoisotopic (exact) mass is 271 g/mol. The van der Waals surface area contributed by atoms with Crippen molar-refractivity contribution < 1.29 is 0 Å². The van der Waals surface area contributed by atoms with Gasteiger partial charge in [0.25, 0.3) is 0 Å². The maximum Gasteiger partial charge on any atom is 0.0820 e. The Bertz CT molecular complexity index is 347. The van der Waals surface area contributed by atoms with Crippen LogP contribution >= 0.6 is 11.6 Å². The van der Waals surface area contributed by atoms with Gasteiger partial charge in [-0.3, -0.25) is 4.68 Å². The lowest BCUT2D eigenvalue weighted by Gasteiger charge is -2.15. The number of aryl methyl sites for hydroxylation is 1. The van der Waals surface area contributed by atoms with Gasteiger partial charge in [-0.25, -0.2) is 0 Å². The molecule has 0 aliphatic heterocycles. The largest absolute Gasteiger partial charge is 0.316 e. The molecular weight excluding hydrogens is 246 g/mol. The Balaban J connectivity index is 2.49. The number of rotatable bonds is 8. The Morgan fingerprint density at radius 2 is 2.11 bits per heavy atom. The molecule has 0 aromatic carbocycles. The van der Waals surface area contributed by atoms with Crippen LogP contribution in [0.4, 0.5) is 0 Å². The van der Waals surface area contributed by atoms with Gasteiger partial charge in [-0.2, -0.15) is 5.10 Å². The van der Waals surface area contributed by atoms with Gasteiger partial charge in [0.2, 0.25) is 0 Å². The summed E-state index contributed by atoms with van der Waals surface area (Å²) in [6.07, 6.45) is 3.95. The highest BCUT2D eigenvalue weighted by Crippen LogP contribution is 2.26. The van der Waals surface area contributed by atoms with E-state index in [-0.39, 0.29) is 0 Å². The molecule has 0 amide bonds. The van der Waals surface area contributed by atoms with Crippen LogP contribution < -0.4 is 5.32 Å². The Kier molecular flexibility index (Phi) is 6.72. The molecule has 1 unspecified atom stereocenters. The lowest BCUT2D eigenvalue weighted by Crippen LogP contribution is -2.22. The second kappa shape index (κ2) is 7.80. The van der Waals surface area contributed by atoms with Gasteiger partial charge in [0.15, 0.2) is 0 Å². The minimum absolute atomic E-state index is 0.450. The molecule has 0 spiro atoms. The van der Waals surface area contributed by atoms with Crippen LogP contribution in [0.15, 0.2) is 6.20 Å². The fourth-order valence-electron chi connectivity index (χ4n) is 2.10. The third-order valence-corrected chi connectivity index (χ3v) is 3.33. The Hall–Kier alpha value is -0.540. The molecule has 1 atom stereocenters. The summed E-state index contributed by atoms with van der Waals surface area (Å²) in [6, 6.07) is 0. The predicted octanol–water partition coefficient (Wildman–Crippen LogP) is 3.69. The van der Waals surface area contributed by atoms with Crippen LogP contribution in [-0.2, 0) is 6.54 Å². The molecular formula is C14H26ClN3. The molecule has 1 heterocycles. The van der Waals surface area contributed by atoms with E-state index in [1.807, 2.05) is 0 Å². The summed E-state index contributed by atoms with van der Waals surface area (Å²) < 4.78 is 2.05. The van der Waals surface area contributed by atoms with E-state index in [0.29, 0.717) is 11.8 Å². The highest BCUT2D eigenvalue weighted by molar-refractivity contribution is 6.31. The molecule has 0 aliphatic rings. The van der Waals surface area contributed by atoms with Crippen molar-refractivity contribution >= 4 is 11.6 Å². The van der Waals surface area contributed by atoms with Gasteiger partial charge in [-0.15, -0.1) is 0 Å². The number of halogens is 1. The van der Waals surface area contributed by atoms with Crippen molar-refractivity contribution in [1.29, 1.82) is 0 Å². The Morgan fingerprint density at radius 3 is 2.72 bits per heavy atom. The second-order valence-electron chi connectivity index (χ2n) is 5.39. The van der Waals surface area contributed by atoms with E-state index in [1.165, 1.54) is 5.69 Å². The third kappa shape index (κ3) is 4.62. The van der Waals surface area contributed by atoms with E-state index in [9.17, 15) is 0 Å². The first-order chi connectivity index (χ1) is 8.56. The van der Waals surface area contributed by atoms with E-state index >= 15 is 0 Å². The van der Waals surface area contributed by atoms with Gasteiger partial charge in [0.05, 0.1) is 16.9 Å². The summed E-state index contributed by atoms with van der Waals surface area (Å²) in [5, 5.41) is 8.63.